The number of piperidine rings is 1. The molecule has 0 aromatic carbocycles. The van der Waals surface area contributed by atoms with Crippen LogP contribution in [0.25, 0.3) is 17.2 Å². The maximum absolute atomic E-state index is 5.22. The average Bonchev–Trinajstić information content (AvgIpc) is 3.23. The second-order valence-electron chi connectivity index (χ2n) is 7.00. The fourth-order valence-electron chi connectivity index (χ4n) is 4.16. The predicted molar refractivity (Wildman–Crippen MR) is 93.6 cm³/mol. The van der Waals surface area contributed by atoms with E-state index in [1.807, 2.05) is 24.3 Å². The lowest BCUT2D eigenvalue weighted by Crippen LogP contribution is -2.37. The largest absolute Gasteiger partial charge is 0.481 e. The van der Waals surface area contributed by atoms with Crippen molar-refractivity contribution in [3.63, 3.8) is 0 Å². The number of nitrogens with zero attached hydrogens (tertiary/aromatic N) is 6. The van der Waals surface area contributed by atoms with E-state index in [4.69, 9.17) is 9.84 Å². The minimum absolute atomic E-state index is 0.554. The molecule has 3 aromatic rings. The van der Waals surface area contributed by atoms with Crippen molar-refractivity contribution in [1.29, 1.82) is 0 Å². The van der Waals surface area contributed by atoms with Crippen molar-refractivity contribution in [3.05, 3.63) is 30.3 Å². The van der Waals surface area contributed by atoms with E-state index in [-0.39, 0.29) is 0 Å². The van der Waals surface area contributed by atoms with Gasteiger partial charge in [-0.2, -0.15) is 4.52 Å². The van der Waals surface area contributed by atoms with Gasteiger partial charge in [0.15, 0.2) is 5.65 Å². The monoisotopic (exact) mass is 336 g/mol. The number of hydrogen-bond donors (Lipinski definition) is 0. The number of hydrogen-bond acceptors (Lipinski definition) is 6. The summed E-state index contributed by atoms with van der Waals surface area (Å²) in [5.41, 5.74) is 1.43. The van der Waals surface area contributed by atoms with Crippen LogP contribution in [0.2, 0.25) is 0 Å². The molecule has 3 aromatic heterocycles. The molecule has 128 valence electrons. The zero-order valence-corrected chi connectivity index (χ0v) is 14.2. The molecule has 7 heteroatoms. The quantitative estimate of drug-likeness (QED) is 0.732. The van der Waals surface area contributed by atoms with Gasteiger partial charge in [-0.1, -0.05) is 6.07 Å². The van der Waals surface area contributed by atoms with Crippen LogP contribution >= 0.6 is 0 Å². The summed E-state index contributed by atoms with van der Waals surface area (Å²) in [6.45, 7) is 2.20. The molecule has 0 amide bonds. The highest BCUT2D eigenvalue weighted by Crippen LogP contribution is 2.37. The first-order chi connectivity index (χ1) is 12.3. The minimum Gasteiger partial charge on any atom is -0.481 e. The first kappa shape index (κ1) is 14.6. The second-order valence-corrected chi connectivity index (χ2v) is 7.00. The van der Waals surface area contributed by atoms with Crippen LogP contribution in [0, 0.1) is 11.8 Å². The van der Waals surface area contributed by atoms with Gasteiger partial charge in [-0.15, -0.1) is 15.3 Å². The first-order valence-corrected chi connectivity index (χ1v) is 8.79. The smallest absolute Gasteiger partial charge is 0.213 e. The van der Waals surface area contributed by atoms with Crippen LogP contribution in [0.15, 0.2) is 30.3 Å². The molecule has 5 rings (SSSR count). The SMILES string of the molecule is COc1cccc(-c2nnc3ccc(N4CC5CCC(C5)C4)nn23)n1. The van der Waals surface area contributed by atoms with Gasteiger partial charge in [-0.05, 0) is 49.3 Å². The molecule has 1 saturated heterocycles. The van der Waals surface area contributed by atoms with Gasteiger partial charge in [0.05, 0.1) is 7.11 Å². The van der Waals surface area contributed by atoms with E-state index in [1.165, 1.54) is 19.3 Å². The van der Waals surface area contributed by atoms with Gasteiger partial charge >= 0.3 is 0 Å². The standard InChI is InChI=1S/C18H20N6O/c1-25-17-4-2-3-14(19-17)18-21-20-15-7-8-16(22-24(15)18)23-10-12-5-6-13(9-12)11-23/h2-4,7-8,12-13H,5-6,9-11H2,1H3. The molecule has 2 unspecified atom stereocenters. The Morgan fingerprint density at radius 3 is 2.68 bits per heavy atom. The van der Waals surface area contributed by atoms with E-state index in [0.29, 0.717) is 17.4 Å². The Morgan fingerprint density at radius 2 is 1.88 bits per heavy atom. The van der Waals surface area contributed by atoms with Crippen LogP contribution in [0.5, 0.6) is 5.88 Å². The Hall–Kier alpha value is -2.70. The van der Waals surface area contributed by atoms with Crippen LogP contribution in [0.4, 0.5) is 5.82 Å². The summed E-state index contributed by atoms with van der Waals surface area (Å²) in [4.78, 5) is 6.87. The topological polar surface area (TPSA) is 68.4 Å². The first-order valence-electron chi connectivity index (χ1n) is 8.79. The summed E-state index contributed by atoms with van der Waals surface area (Å²) in [6.07, 6.45) is 4.09. The molecule has 0 spiro atoms. The van der Waals surface area contributed by atoms with Crippen molar-refractivity contribution in [1.82, 2.24) is 24.8 Å². The molecule has 1 saturated carbocycles. The fraction of sp³-hybridized carbons (Fsp3) is 0.444. The zero-order chi connectivity index (χ0) is 16.8. The molecule has 1 aliphatic heterocycles. The summed E-state index contributed by atoms with van der Waals surface area (Å²) in [7, 11) is 1.61. The third-order valence-electron chi connectivity index (χ3n) is 5.34. The van der Waals surface area contributed by atoms with E-state index >= 15 is 0 Å². The molecule has 2 aliphatic rings. The van der Waals surface area contributed by atoms with Crippen LogP contribution in [-0.4, -0.2) is 45.0 Å². The van der Waals surface area contributed by atoms with Crippen molar-refractivity contribution in [2.45, 2.75) is 19.3 Å². The van der Waals surface area contributed by atoms with Crippen molar-refractivity contribution >= 4 is 11.5 Å². The number of rotatable bonds is 3. The summed E-state index contributed by atoms with van der Waals surface area (Å²) in [5, 5.41) is 13.3. The molecular weight excluding hydrogens is 316 g/mol. The van der Waals surface area contributed by atoms with Crippen LogP contribution in [0.3, 0.4) is 0 Å². The van der Waals surface area contributed by atoms with Crippen LogP contribution in [0.1, 0.15) is 19.3 Å². The second kappa shape index (κ2) is 5.68. The van der Waals surface area contributed by atoms with Gasteiger partial charge in [0, 0.05) is 19.2 Å². The summed E-state index contributed by atoms with van der Waals surface area (Å²) >= 11 is 0. The number of ether oxygens (including phenoxy) is 1. The highest BCUT2D eigenvalue weighted by molar-refractivity contribution is 5.56. The van der Waals surface area contributed by atoms with Crippen molar-refractivity contribution in [2.24, 2.45) is 11.8 Å². The van der Waals surface area contributed by atoms with Gasteiger partial charge in [0.1, 0.15) is 11.5 Å². The van der Waals surface area contributed by atoms with Gasteiger partial charge in [0.2, 0.25) is 11.7 Å². The van der Waals surface area contributed by atoms with Crippen LogP contribution < -0.4 is 9.64 Å². The number of fused-ring (bicyclic) bond motifs is 3. The Kier molecular flexibility index (Phi) is 3.33. The zero-order valence-electron chi connectivity index (χ0n) is 14.2. The molecule has 0 radical (unpaired) electrons. The molecule has 4 heterocycles. The third-order valence-corrected chi connectivity index (χ3v) is 5.34. The lowest BCUT2D eigenvalue weighted by atomic mass is 9.99. The van der Waals surface area contributed by atoms with E-state index in [9.17, 15) is 0 Å². The van der Waals surface area contributed by atoms with Crippen molar-refractivity contribution in [2.75, 3.05) is 25.1 Å². The highest BCUT2D eigenvalue weighted by Gasteiger charge is 2.33. The lowest BCUT2D eigenvalue weighted by molar-refractivity contribution is 0.398. The molecule has 2 fully saturated rings. The number of anilines is 1. The molecule has 2 bridgehead atoms. The Balaban J connectivity index is 1.55. The maximum Gasteiger partial charge on any atom is 0.213 e. The summed E-state index contributed by atoms with van der Waals surface area (Å²) < 4.78 is 7.00. The fourth-order valence-corrected chi connectivity index (χ4v) is 4.16. The highest BCUT2D eigenvalue weighted by atomic mass is 16.5. The predicted octanol–water partition coefficient (Wildman–Crippen LogP) is 2.43. The molecule has 2 atom stereocenters. The molecule has 7 nitrogen and oxygen atoms in total. The molecular formula is C18H20N6O. The third kappa shape index (κ3) is 2.50. The van der Waals surface area contributed by atoms with Crippen LogP contribution in [-0.2, 0) is 0 Å². The lowest BCUT2D eigenvalue weighted by Gasteiger charge is -2.32. The number of aromatic nitrogens is 5. The molecule has 0 N–H and O–H groups in total. The minimum atomic E-state index is 0.554. The molecule has 25 heavy (non-hydrogen) atoms. The number of pyridine rings is 1. The summed E-state index contributed by atoms with van der Waals surface area (Å²) in [6, 6.07) is 9.64. The van der Waals surface area contributed by atoms with E-state index < -0.39 is 0 Å². The van der Waals surface area contributed by atoms with Crippen molar-refractivity contribution < 1.29 is 4.74 Å². The Bertz CT molecular complexity index is 911. The van der Waals surface area contributed by atoms with Gasteiger partial charge in [-0.3, -0.25) is 0 Å². The van der Waals surface area contributed by atoms with E-state index in [1.54, 1.807) is 11.6 Å². The normalized spacial score (nSPS) is 22.5. The van der Waals surface area contributed by atoms with Crippen molar-refractivity contribution in [3.8, 4) is 17.4 Å². The van der Waals surface area contributed by atoms with Gasteiger partial charge in [0.25, 0.3) is 0 Å². The Morgan fingerprint density at radius 1 is 1.04 bits per heavy atom. The maximum atomic E-state index is 5.22. The van der Waals surface area contributed by atoms with Gasteiger partial charge < -0.3 is 9.64 Å². The Labute approximate surface area is 145 Å². The van der Waals surface area contributed by atoms with Gasteiger partial charge in [-0.25, -0.2) is 4.98 Å². The average molecular weight is 336 g/mol. The van der Waals surface area contributed by atoms with E-state index in [2.05, 4.69) is 26.1 Å². The summed E-state index contributed by atoms with van der Waals surface area (Å²) in [5.74, 6) is 3.81. The van der Waals surface area contributed by atoms with E-state index in [0.717, 1.165) is 36.4 Å². The molecule has 1 aliphatic carbocycles. The number of methoxy groups -OCH3 is 1.